The van der Waals surface area contributed by atoms with E-state index in [0.29, 0.717) is 28.3 Å². The second-order valence-electron chi connectivity index (χ2n) is 8.64. The quantitative estimate of drug-likeness (QED) is 0.189. The van der Waals surface area contributed by atoms with E-state index in [9.17, 15) is 14.4 Å². The van der Waals surface area contributed by atoms with Gasteiger partial charge < -0.3 is 10.1 Å². The third kappa shape index (κ3) is 3.16. The van der Waals surface area contributed by atoms with Crippen LogP contribution >= 0.6 is 27.5 Å². The fraction of sp³-hybridized carbons (Fsp3) is 0.222. The topological polar surface area (TPSA) is 72.5 Å². The van der Waals surface area contributed by atoms with Gasteiger partial charge in [0.2, 0.25) is 5.91 Å². The van der Waals surface area contributed by atoms with Crippen LogP contribution in [-0.4, -0.2) is 17.7 Å². The Morgan fingerprint density at radius 3 is 2.44 bits per heavy atom. The molecule has 2 aliphatic rings. The van der Waals surface area contributed by atoms with Gasteiger partial charge in [0.1, 0.15) is 5.75 Å². The van der Waals surface area contributed by atoms with E-state index in [-0.39, 0.29) is 12.3 Å². The zero-order valence-electron chi connectivity index (χ0n) is 18.3. The molecule has 1 N–H and O–H groups in total. The molecule has 7 heteroatoms. The number of carbonyl (C=O) groups is 3. The van der Waals surface area contributed by atoms with Crippen LogP contribution in [0.2, 0.25) is 5.02 Å². The fourth-order valence-corrected chi connectivity index (χ4v) is 6.01. The Balaban J connectivity index is 1.62. The predicted molar refractivity (Wildman–Crippen MR) is 132 cm³/mol. The number of ketones is 1. The molecule has 1 amide bonds. The third-order valence-electron chi connectivity index (χ3n) is 7.08. The molecule has 5 rings (SSSR count). The van der Waals surface area contributed by atoms with Gasteiger partial charge in [-0.25, -0.2) is 0 Å². The van der Waals surface area contributed by atoms with Crippen LogP contribution in [0.15, 0.2) is 77.3 Å². The first-order valence-corrected chi connectivity index (χ1v) is 12.2. The molecule has 0 aromatic heterocycles. The Kier molecular flexibility index (Phi) is 5.61. The smallest absolute Gasteiger partial charge is 0.328 e. The molecule has 1 aliphatic carbocycles. The minimum Gasteiger partial charge on any atom is -0.425 e. The predicted octanol–water partition coefficient (Wildman–Crippen LogP) is 5.70. The van der Waals surface area contributed by atoms with Crippen LogP contribution in [0.1, 0.15) is 40.7 Å². The number of rotatable bonds is 6. The van der Waals surface area contributed by atoms with Crippen molar-refractivity contribution in [3.8, 4) is 5.75 Å². The molecule has 0 spiro atoms. The molecule has 0 bridgehead atoms. The molecular formula is C27H21BrClNO4. The largest absolute Gasteiger partial charge is 0.425 e. The Bertz CT molecular complexity index is 1310. The number of carbonyl (C=O) groups excluding carboxylic acids is 3. The summed E-state index contributed by atoms with van der Waals surface area (Å²) < 4.78 is 6.46. The average Bonchev–Trinajstić information content (AvgIpc) is 3.50. The van der Waals surface area contributed by atoms with Crippen LogP contribution < -0.4 is 10.1 Å². The fourth-order valence-electron chi connectivity index (χ4n) is 5.51. The first-order valence-electron chi connectivity index (χ1n) is 11.0. The van der Waals surface area contributed by atoms with E-state index in [0.717, 1.165) is 10.0 Å². The molecule has 1 saturated carbocycles. The molecule has 0 radical (unpaired) electrons. The van der Waals surface area contributed by atoms with Crippen molar-refractivity contribution in [1.82, 2.24) is 5.32 Å². The van der Waals surface area contributed by atoms with Crippen LogP contribution in [0.3, 0.4) is 0 Å². The van der Waals surface area contributed by atoms with Gasteiger partial charge in [-0.1, -0.05) is 64.8 Å². The highest BCUT2D eigenvalue weighted by Gasteiger charge is 2.89. The summed E-state index contributed by atoms with van der Waals surface area (Å²) >= 11 is 9.51. The lowest BCUT2D eigenvalue weighted by Gasteiger charge is -2.24. The second-order valence-corrected chi connectivity index (χ2v) is 9.99. The molecule has 3 atom stereocenters. The molecule has 3 aromatic rings. The van der Waals surface area contributed by atoms with Crippen molar-refractivity contribution in [2.24, 2.45) is 10.8 Å². The van der Waals surface area contributed by atoms with E-state index in [1.54, 1.807) is 36.4 Å². The number of Topliss-reactive ketones (excluding diaryl/α,β-unsaturated/α-hetero) is 1. The van der Waals surface area contributed by atoms with Gasteiger partial charge in [-0.2, -0.15) is 0 Å². The zero-order chi connectivity index (χ0) is 24.1. The molecule has 172 valence electrons. The summed E-state index contributed by atoms with van der Waals surface area (Å²) in [6, 6.07) is 21.2. The number of nitrogens with one attached hydrogen (secondary N) is 1. The highest BCUT2D eigenvalue weighted by atomic mass is 79.9. The number of esters is 1. The van der Waals surface area contributed by atoms with Gasteiger partial charge >= 0.3 is 5.97 Å². The number of halogens is 2. The van der Waals surface area contributed by atoms with Crippen molar-refractivity contribution in [3.05, 3.63) is 99.0 Å². The standard InChI is InChI=1S/C27H21BrClNO4/c1-2-26(23(31)17-8-11-19(29)12-9-17)22-20-14-18(28)10-13-21(20)34-25(33)27(22,26)24(32)30-15-16-6-4-3-5-7-16/h3-14,22H,2,15H2,1H3,(H,30,32)/t22-,26+,27+/m1/s1. The van der Waals surface area contributed by atoms with E-state index in [1.807, 2.05) is 43.3 Å². The van der Waals surface area contributed by atoms with Crippen molar-refractivity contribution >= 4 is 45.2 Å². The molecule has 3 aromatic carbocycles. The lowest BCUT2D eigenvalue weighted by atomic mass is 9.82. The Hall–Kier alpha value is -2.96. The Labute approximate surface area is 210 Å². The lowest BCUT2D eigenvalue weighted by Crippen LogP contribution is -2.45. The first kappa shape index (κ1) is 22.8. The summed E-state index contributed by atoms with van der Waals surface area (Å²) in [5, 5.41) is 3.41. The monoisotopic (exact) mass is 537 g/mol. The van der Waals surface area contributed by atoms with Crippen LogP contribution in [0.5, 0.6) is 5.75 Å². The van der Waals surface area contributed by atoms with Gasteiger partial charge in [0.05, 0.1) is 5.41 Å². The van der Waals surface area contributed by atoms with Crippen molar-refractivity contribution in [3.63, 3.8) is 0 Å². The first-order chi connectivity index (χ1) is 16.4. The van der Waals surface area contributed by atoms with Crippen LogP contribution in [0.25, 0.3) is 0 Å². The molecule has 5 nitrogen and oxygen atoms in total. The van der Waals surface area contributed by atoms with Crippen molar-refractivity contribution < 1.29 is 19.1 Å². The average molecular weight is 539 g/mol. The maximum atomic E-state index is 14.0. The van der Waals surface area contributed by atoms with E-state index in [2.05, 4.69) is 21.2 Å². The number of hydrogen-bond donors (Lipinski definition) is 1. The molecule has 34 heavy (non-hydrogen) atoms. The van der Waals surface area contributed by atoms with Crippen molar-refractivity contribution in [2.75, 3.05) is 0 Å². The minimum absolute atomic E-state index is 0.238. The number of benzene rings is 3. The van der Waals surface area contributed by atoms with Gasteiger partial charge in [-0.05, 0) is 54.4 Å². The lowest BCUT2D eigenvalue weighted by molar-refractivity contribution is -0.149. The second kappa shape index (κ2) is 8.36. The Morgan fingerprint density at radius 2 is 1.76 bits per heavy atom. The summed E-state index contributed by atoms with van der Waals surface area (Å²) in [6.07, 6.45) is 0.291. The maximum absolute atomic E-state index is 14.0. The Morgan fingerprint density at radius 1 is 1.06 bits per heavy atom. The summed E-state index contributed by atoms with van der Waals surface area (Å²) in [4.78, 5) is 41.4. The molecule has 1 aliphatic heterocycles. The molecule has 1 heterocycles. The zero-order valence-corrected chi connectivity index (χ0v) is 20.7. The number of amides is 1. The highest BCUT2D eigenvalue weighted by molar-refractivity contribution is 9.10. The van der Waals surface area contributed by atoms with Gasteiger partial charge in [0.25, 0.3) is 0 Å². The molecular weight excluding hydrogens is 518 g/mol. The maximum Gasteiger partial charge on any atom is 0.328 e. The molecule has 1 fully saturated rings. The van der Waals surface area contributed by atoms with Gasteiger partial charge in [-0.15, -0.1) is 0 Å². The van der Waals surface area contributed by atoms with E-state index < -0.39 is 28.6 Å². The highest BCUT2D eigenvalue weighted by Crippen LogP contribution is 2.80. The van der Waals surface area contributed by atoms with E-state index in [4.69, 9.17) is 16.3 Å². The summed E-state index contributed by atoms with van der Waals surface area (Å²) in [7, 11) is 0. The van der Waals surface area contributed by atoms with Gasteiger partial charge in [0.15, 0.2) is 11.2 Å². The van der Waals surface area contributed by atoms with E-state index in [1.165, 1.54) is 0 Å². The summed E-state index contributed by atoms with van der Waals surface area (Å²) in [5.41, 5.74) is -0.956. The van der Waals surface area contributed by atoms with Gasteiger partial charge in [0, 0.05) is 33.1 Å². The summed E-state index contributed by atoms with van der Waals surface area (Å²) in [6.45, 7) is 2.07. The normalized spacial score (nSPS) is 24.4. The number of ether oxygens (including phenoxy) is 1. The molecule has 0 saturated heterocycles. The van der Waals surface area contributed by atoms with Gasteiger partial charge in [-0.3, -0.25) is 14.4 Å². The van der Waals surface area contributed by atoms with Crippen molar-refractivity contribution in [2.45, 2.75) is 25.8 Å². The van der Waals surface area contributed by atoms with Crippen LogP contribution in [-0.2, 0) is 16.1 Å². The number of hydrogen-bond acceptors (Lipinski definition) is 4. The SMILES string of the molecule is CC[C@@]1(C(=O)c2ccc(Cl)cc2)[C@H]2c3cc(Br)ccc3OC(=O)[C@@]21C(=O)NCc1ccccc1. The summed E-state index contributed by atoms with van der Waals surface area (Å²) in [5.74, 6) is -1.72. The minimum atomic E-state index is -1.65. The van der Waals surface area contributed by atoms with Crippen LogP contribution in [0.4, 0.5) is 0 Å². The third-order valence-corrected chi connectivity index (χ3v) is 7.82. The molecule has 0 unspecified atom stereocenters. The van der Waals surface area contributed by atoms with Crippen molar-refractivity contribution in [1.29, 1.82) is 0 Å². The van der Waals surface area contributed by atoms with Crippen LogP contribution in [0, 0.1) is 10.8 Å². The van der Waals surface area contributed by atoms with E-state index >= 15 is 0 Å². The number of fused-ring (bicyclic) bond motifs is 3.